The van der Waals surface area contributed by atoms with Gasteiger partial charge in [0.25, 0.3) is 0 Å². The molecule has 0 bridgehead atoms. The van der Waals surface area contributed by atoms with Gasteiger partial charge in [0.15, 0.2) is 0 Å². The number of aryl methyl sites for hydroxylation is 2. The van der Waals surface area contributed by atoms with Crippen molar-refractivity contribution in [3.05, 3.63) is 34.4 Å². The smallest absolute Gasteiger partial charge is 0.304 e. The minimum absolute atomic E-state index is 0.155. The molecule has 0 aliphatic rings. The van der Waals surface area contributed by atoms with Crippen molar-refractivity contribution in [3.63, 3.8) is 0 Å². The van der Waals surface area contributed by atoms with Gasteiger partial charge in [-0.2, -0.15) is 0 Å². The summed E-state index contributed by atoms with van der Waals surface area (Å²) in [6, 6.07) is 4.54. The lowest BCUT2D eigenvalue weighted by atomic mass is 9.83. The van der Waals surface area contributed by atoms with Gasteiger partial charge in [0.2, 0.25) is 0 Å². The molecular formula is C18H29NO2. The molecule has 118 valence electrons. The van der Waals surface area contributed by atoms with E-state index in [0.717, 1.165) is 13.1 Å². The Morgan fingerprint density at radius 2 is 1.71 bits per heavy atom. The molecule has 3 heteroatoms. The predicted octanol–water partition coefficient (Wildman–Crippen LogP) is 3.90. The highest BCUT2D eigenvalue weighted by Crippen LogP contribution is 2.27. The number of carbonyl (C=O) groups is 1. The van der Waals surface area contributed by atoms with Crippen LogP contribution < -0.4 is 0 Å². The minimum Gasteiger partial charge on any atom is -0.481 e. The monoisotopic (exact) mass is 291 g/mol. The summed E-state index contributed by atoms with van der Waals surface area (Å²) >= 11 is 0. The van der Waals surface area contributed by atoms with E-state index in [1.54, 1.807) is 0 Å². The molecule has 0 fully saturated rings. The van der Waals surface area contributed by atoms with Crippen molar-refractivity contribution in [2.24, 2.45) is 0 Å². The van der Waals surface area contributed by atoms with E-state index in [2.05, 4.69) is 58.6 Å². The van der Waals surface area contributed by atoms with Crippen molar-refractivity contribution in [1.82, 2.24) is 4.90 Å². The fourth-order valence-corrected chi connectivity index (χ4v) is 2.50. The molecule has 0 heterocycles. The quantitative estimate of drug-likeness (QED) is 0.864. The summed E-state index contributed by atoms with van der Waals surface area (Å²) in [7, 11) is 0. The van der Waals surface area contributed by atoms with Crippen LogP contribution in [0.2, 0.25) is 0 Å². The maximum atomic E-state index is 10.7. The van der Waals surface area contributed by atoms with Crippen molar-refractivity contribution in [2.45, 2.75) is 59.9 Å². The number of aliphatic carboxylic acids is 1. The van der Waals surface area contributed by atoms with Gasteiger partial charge in [-0.1, -0.05) is 39.8 Å². The molecule has 0 spiro atoms. The Kier molecular flexibility index (Phi) is 5.97. The summed E-state index contributed by atoms with van der Waals surface area (Å²) in [5.74, 6) is -0.732. The Morgan fingerprint density at radius 3 is 2.10 bits per heavy atom. The summed E-state index contributed by atoms with van der Waals surface area (Å²) in [5.41, 5.74) is 5.44. The van der Waals surface area contributed by atoms with Gasteiger partial charge in [0.1, 0.15) is 0 Å². The van der Waals surface area contributed by atoms with Gasteiger partial charge < -0.3 is 5.11 Å². The zero-order chi connectivity index (χ0) is 16.2. The van der Waals surface area contributed by atoms with Gasteiger partial charge in [-0.25, -0.2) is 0 Å². The second-order valence-electron chi connectivity index (χ2n) is 6.85. The van der Waals surface area contributed by atoms with Crippen LogP contribution in [0.1, 0.15) is 56.4 Å². The first kappa shape index (κ1) is 17.7. The zero-order valence-electron chi connectivity index (χ0n) is 14.3. The number of nitrogens with zero attached hydrogens (tertiary/aromatic N) is 1. The summed E-state index contributed by atoms with van der Waals surface area (Å²) in [5, 5.41) is 8.83. The summed E-state index contributed by atoms with van der Waals surface area (Å²) in [4.78, 5) is 12.9. The van der Waals surface area contributed by atoms with Gasteiger partial charge >= 0.3 is 5.97 Å². The van der Waals surface area contributed by atoms with Crippen LogP contribution in [0.3, 0.4) is 0 Å². The molecule has 1 aromatic carbocycles. The van der Waals surface area contributed by atoms with Crippen LogP contribution in [-0.4, -0.2) is 29.1 Å². The normalized spacial score (nSPS) is 12.0. The Morgan fingerprint density at radius 1 is 1.19 bits per heavy atom. The third kappa shape index (κ3) is 5.16. The highest BCUT2D eigenvalue weighted by molar-refractivity contribution is 5.66. The molecular weight excluding hydrogens is 262 g/mol. The maximum Gasteiger partial charge on any atom is 0.304 e. The molecule has 0 saturated heterocycles. The molecule has 0 saturated carbocycles. The largest absolute Gasteiger partial charge is 0.481 e. The van der Waals surface area contributed by atoms with Crippen molar-refractivity contribution in [3.8, 4) is 0 Å². The summed E-state index contributed by atoms with van der Waals surface area (Å²) < 4.78 is 0. The van der Waals surface area contributed by atoms with Crippen molar-refractivity contribution >= 4 is 5.97 Å². The standard InChI is InChI=1S/C18H29NO2/c1-7-19(9-8-17(20)21)12-16-13(2)10-15(11-14(16)3)18(4,5)6/h10-11H,7-9,12H2,1-6H3,(H,20,21). The number of rotatable bonds is 6. The lowest BCUT2D eigenvalue weighted by Gasteiger charge is -2.25. The Balaban J connectivity index is 2.95. The number of benzene rings is 1. The average molecular weight is 291 g/mol. The van der Waals surface area contributed by atoms with E-state index in [1.165, 1.54) is 22.3 Å². The predicted molar refractivity (Wildman–Crippen MR) is 87.8 cm³/mol. The fourth-order valence-electron chi connectivity index (χ4n) is 2.50. The van der Waals surface area contributed by atoms with Crippen LogP contribution in [0, 0.1) is 13.8 Å². The Labute approximate surface area is 129 Å². The van der Waals surface area contributed by atoms with Crippen molar-refractivity contribution in [2.75, 3.05) is 13.1 Å². The number of hydrogen-bond acceptors (Lipinski definition) is 2. The lowest BCUT2D eigenvalue weighted by molar-refractivity contribution is -0.137. The number of carboxylic acids is 1. The third-order valence-corrected chi connectivity index (χ3v) is 4.03. The van der Waals surface area contributed by atoms with E-state index in [4.69, 9.17) is 5.11 Å². The van der Waals surface area contributed by atoms with Crippen LogP contribution in [0.4, 0.5) is 0 Å². The average Bonchev–Trinajstić information content (AvgIpc) is 2.35. The second-order valence-corrected chi connectivity index (χ2v) is 6.85. The molecule has 1 rings (SSSR count). The fraction of sp³-hybridized carbons (Fsp3) is 0.611. The van der Waals surface area contributed by atoms with Crippen molar-refractivity contribution in [1.29, 1.82) is 0 Å². The number of hydrogen-bond donors (Lipinski definition) is 1. The van der Waals surface area contributed by atoms with Gasteiger partial charge in [-0.15, -0.1) is 0 Å². The molecule has 0 unspecified atom stereocenters. The lowest BCUT2D eigenvalue weighted by Crippen LogP contribution is -2.26. The molecule has 21 heavy (non-hydrogen) atoms. The van der Waals surface area contributed by atoms with Crippen molar-refractivity contribution < 1.29 is 9.90 Å². The molecule has 0 amide bonds. The van der Waals surface area contributed by atoms with Gasteiger partial charge in [0, 0.05) is 13.1 Å². The second kappa shape index (κ2) is 7.08. The topological polar surface area (TPSA) is 40.5 Å². The van der Waals surface area contributed by atoms with Crippen LogP contribution in [0.15, 0.2) is 12.1 Å². The third-order valence-electron chi connectivity index (χ3n) is 4.03. The van der Waals surface area contributed by atoms with Crippen LogP contribution in [0.25, 0.3) is 0 Å². The minimum atomic E-state index is -0.732. The van der Waals surface area contributed by atoms with E-state index in [-0.39, 0.29) is 11.8 Å². The van der Waals surface area contributed by atoms with Crippen LogP contribution >= 0.6 is 0 Å². The molecule has 0 radical (unpaired) electrons. The zero-order valence-corrected chi connectivity index (χ0v) is 14.3. The van der Waals surface area contributed by atoms with E-state index >= 15 is 0 Å². The van der Waals surface area contributed by atoms with Gasteiger partial charge in [-0.3, -0.25) is 9.69 Å². The van der Waals surface area contributed by atoms with Crippen LogP contribution in [-0.2, 0) is 16.8 Å². The highest BCUT2D eigenvalue weighted by atomic mass is 16.4. The SMILES string of the molecule is CCN(CCC(=O)O)Cc1c(C)cc(C(C)(C)C)cc1C. The van der Waals surface area contributed by atoms with Gasteiger partial charge in [-0.05, 0) is 48.1 Å². The van der Waals surface area contributed by atoms with E-state index < -0.39 is 5.97 Å². The first-order valence-electron chi connectivity index (χ1n) is 7.70. The Bertz CT molecular complexity index is 477. The molecule has 0 aliphatic carbocycles. The van der Waals surface area contributed by atoms with Crippen LogP contribution in [0.5, 0.6) is 0 Å². The summed E-state index contributed by atoms with van der Waals surface area (Å²) in [6.07, 6.45) is 0.200. The van der Waals surface area contributed by atoms with Gasteiger partial charge in [0.05, 0.1) is 6.42 Å². The molecule has 1 N–H and O–H groups in total. The van der Waals surface area contributed by atoms with E-state index in [0.29, 0.717) is 6.54 Å². The highest BCUT2D eigenvalue weighted by Gasteiger charge is 2.17. The van der Waals surface area contributed by atoms with E-state index in [1.807, 2.05) is 0 Å². The molecule has 1 aromatic rings. The van der Waals surface area contributed by atoms with E-state index in [9.17, 15) is 4.79 Å². The maximum absolute atomic E-state index is 10.7. The molecule has 0 atom stereocenters. The number of carboxylic acid groups (broad SMARTS) is 1. The first-order chi connectivity index (χ1) is 9.65. The summed E-state index contributed by atoms with van der Waals surface area (Å²) in [6.45, 7) is 15.4. The molecule has 0 aliphatic heterocycles. The Hall–Kier alpha value is -1.35. The molecule has 0 aromatic heterocycles. The first-order valence-corrected chi connectivity index (χ1v) is 7.70. The molecule has 3 nitrogen and oxygen atoms in total.